The fraction of sp³-hybridized carbons (Fsp3) is 0.143. The summed E-state index contributed by atoms with van der Waals surface area (Å²) >= 11 is 3.33. The molecule has 0 fully saturated rings. The molecule has 6 heteroatoms. The molecule has 0 saturated heterocycles. The largest absolute Gasteiger partial charge is 0.399 e. The minimum atomic E-state index is -0.359. The van der Waals surface area contributed by atoms with Gasteiger partial charge in [-0.1, -0.05) is 64.5 Å². The highest BCUT2D eigenvalue weighted by Gasteiger charge is 2.40. The quantitative estimate of drug-likeness (QED) is 0.489. The van der Waals surface area contributed by atoms with Crippen LogP contribution in [0.15, 0.2) is 89.5 Å². The second-order valence-electron chi connectivity index (χ2n) is 8.59. The van der Waals surface area contributed by atoms with Gasteiger partial charge < -0.3 is 5.73 Å². The van der Waals surface area contributed by atoms with Gasteiger partial charge in [0.2, 0.25) is 0 Å². The van der Waals surface area contributed by atoms with E-state index in [2.05, 4.69) is 15.9 Å². The van der Waals surface area contributed by atoms with Crippen molar-refractivity contribution in [1.29, 1.82) is 0 Å². The Labute approximate surface area is 204 Å². The lowest BCUT2D eigenvalue weighted by molar-refractivity contribution is 0.0801. The lowest BCUT2D eigenvalue weighted by atomic mass is 9.72. The van der Waals surface area contributed by atoms with E-state index in [4.69, 9.17) is 5.73 Å². The van der Waals surface area contributed by atoms with Crippen molar-refractivity contribution >= 4 is 44.8 Å². The molecular formula is C28H20BrNO4. The summed E-state index contributed by atoms with van der Waals surface area (Å²) in [6.07, 6.45) is 14.5. The van der Waals surface area contributed by atoms with Gasteiger partial charge in [0, 0.05) is 32.4 Å². The number of Topliss-reactive ketones (excluding diaryl/α,β-unsaturated/α-hetero) is 4. The molecule has 4 aliphatic rings. The molecule has 2 aromatic rings. The van der Waals surface area contributed by atoms with Crippen LogP contribution >= 0.6 is 15.9 Å². The Balaban J connectivity index is 0.000000142. The highest BCUT2D eigenvalue weighted by Crippen LogP contribution is 2.36. The molecule has 168 valence electrons. The number of rotatable bonds is 0. The van der Waals surface area contributed by atoms with Gasteiger partial charge in [-0.05, 0) is 36.4 Å². The Morgan fingerprint density at radius 3 is 1.38 bits per heavy atom. The number of nitrogen functional groups attached to an aromatic ring is 1. The van der Waals surface area contributed by atoms with E-state index in [1.54, 1.807) is 48.6 Å². The van der Waals surface area contributed by atoms with Crippen molar-refractivity contribution in [1.82, 2.24) is 0 Å². The number of carbonyl (C=O) groups excluding carboxylic acids is 4. The molecule has 0 aromatic heterocycles. The van der Waals surface area contributed by atoms with Crippen molar-refractivity contribution in [2.75, 3.05) is 5.73 Å². The maximum atomic E-state index is 12.3. The number of halogens is 1. The number of ketones is 4. The van der Waals surface area contributed by atoms with Gasteiger partial charge >= 0.3 is 0 Å². The fourth-order valence-corrected chi connectivity index (χ4v) is 5.21. The summed E-state index contributed by atoms with van der Waals surface area (Å²) in [4.78, 5) is 49.0. The molecule has 5 nitrogen and oxygen atoms in total. The summed E-state index contributed by atoms with van der Waals surface area (Å²) in [6, 6.07) is 10.2. The molecule has 6 rings (SSSR count). The van der Waals surface area contributed by atoms with E-state index < -0.39 is 0 Å². The number of anilines is 1. The predicted molar refractivity (Wildman–Crippen MR) is 133 cm³/mol. The molecule has 34 heavy (non-hydrogen) atoms. The minimum absolute atomic E-state index is 0.00481. The molecule has 0 amide bonds. The highest BCUT2D eigenvalue weighted by molar-refractivity contribution is 9.10. The van der Waals surface area contributed by atoms with Gasteiger partial charge in [-0.3, -0.25) is 19.2 Å². The zero-order valence-electron chi connectivity index (χ0n) is 18.0. The third kappa shape index (κ3) is 3.64. The zero-order chi connectivity index (χ0) is 24.0. The van der Waals surface area contributed by atoms with Gasteiger partial charge in [-0.15, -0.1) is 0 Å². The van der Waals surface area contributed by atoms with E-state index in [1.165, 1.54) is 0 Å². The molecule has 0 spiro atoms. The molecule has 0 aliphatic heterocycles. The molecule has 0 saturated carbocycles. The smallest absolute Gasteiger partial charge is 0.171 e. The summed E-state index contributed by atoms with van der Waals surface area (Å²) in [7, 11) is 0. The number of fused-ring (bicyclic) bond motifs is 4. The molecule has 0 radical (unpaired) electrons. The van der Waals surface area contributed by atoms with Crippen molar-refractivity contribution in [2.45, 2.75) is 0 Å². The molecule has 0 heterocycles. The normalized spacial score (nSPS) is 25.7. The minimum Gasteiger partial charge on any atom is -0.399 e. The standard InChI is InChI=1S/C14H9BrO2.C14H11NO2/c2*15-8-5-6-11-12(7-8)14(17)10-4-2-1-3-9(10)13(11)16/h1-7,9-10H;1-7,9-10H,15H2. The topological polar surface area (TPSA) is 94.3 Å². The summed E-state index contributed by atoms with van der Waals surface area (Å²) in [5.74, 6) is -1.28. The van der Waals surface area contributed by atoms with Crippen LogP contribution in [0.3, 0.4) is 0 Å². The van der Waals surface area contributed by atoms with E-state index in [-0.39, 0.29) is 46.8 Å². The van der Waals surface area contributed by atoms with Crippen molar-refractivity contribution in [3.63, 3.8) is 0 Å². The lowest BCUT2D eigenvalue weighted by Crippen LogP contribution is -2.35. The third-order valence-corrected chi connectivity index (χ3v) is 7.06. The Bertz CT molecular complexity index is 1280. The van der Waals surface area contributed by atoms with Crippen LogP contribution in [-0.4, -0.2) is 23.1 Å². The Hall–Kier alpha value is -3.64. The Morgan fingerprint density at radius 2 is 0.912 bits per heavy atom. The van der Waals surface area contributed by atoms with E-state index in [9.17, 15) is 19.2 Å². The summed E-state index contributed by atoms with van der Waals surface area (Å²) in [6.45, 7) is 0. The molecule has 4 atom stereocenters. The van der Waals surface area contributed by atoms with E-state index >= 15 is 0 Å². The number of hydrogen-bond acceptors (Lipinski definition) is 5. The lowest BCUT2D eigenvalue weighted by Gasteiger charge is -2.28. The maximum Gasteiger partial charge on any atom is 0.171 e. The molecule has 2 aromatic carbocycles. The third-order valence-electron chi connectivity index (χ3n) is 6.57. The van der Waals surface area contributed by atoms with Crippen LogP contribution < -0.4 is 5.73 Å². The Morgan fingerprint density at radius 1 is 0.529 bits per heavy atom. The van der Waals surface area contributed by atoms with Crippen LogP contribution in [-0.2, 0) is 0 Å². The fourth-order valence-electron chi connectivity index (χ4n) is 4.85. The van der Waals surface area contributed by atoms with E-state index in [0.29, 0.717) is 27.9 Å². The first-order valence-electron chi connectivity index (χ1n) is 10.9. The van der Waals surface area contributed by atoms with Gasteiger partial charge in [0.05, 0.1) is 23.7 Å². The van der Waals surface area contributed by atoms with Crippen LogP contribution in [0.1, 0.15) is 41.4 Å². The van der Waals surface area contributed by atoms with Gasteiger partial charge in [-0.25, -0.2) is 0 Å². The van der Waals surface area contributed by atoms with Gasteiger partial charge in [-0.2, -0.15) is 0 Å². The van der Waals surface area contributed by atoms with Crippen LogP contribution in [0.25, 0.3) is 0 Å². The first-order valence-corrected chi connectivity index (χ1v) is 11.7. The second kappa shape index (κ2) is 8.61. The predicted octanol–water partition coefficient (Wildman–Crippen LogP) is 5.19. The first-order chi connectivity index (χ1) is 16.4. The van der Waals surface area contributed by atoms with Gasteiger partial charge in [0.25, 0.3) is 0 Å². The number of hydrogen-bond donors (Lipinski definition) is 1. The van der Waals surface area contributed by atoms with E-state index in [0.717, 1.165) is 4.47 Å². The highest BCUT2D eigenvalue weighted by atomic mass is 79.9. The van der Waals surface area contributed by atoms with Crippen LogP contribution in [0.2, 0.25) is 0 Å². The maximum absolute atomic E-state index is 12.3. The van der Waals surface area contributed by atoms with Crippen molar-refractivity contribution in [3.8, 4) is 0 Å². The van der Waals surface area contributed by atoms with Gasteiger partial charge in [0.1, 0.15) is 0 Å². The SMILES string of the molecule is Nc1ccc2c(c1)C(=O)C1C=CC=CC1C2=O.O=C1c2ccc(Br)cc2C(=O)C2C=CC=CC12. The van der Waals surface area contributed by atoms with Crippen LogP contribution in [0.5, 0.6) is 0 Å². The first kappa shape index (κ1) is 22.2. The van der Waals surface area contributed by atoms with Crippen molar-refractivity contribution in [2.24, 2.45) is 23.7 Å². The summed E-state index contributed by atoms with van der Waals surface area (Å²) in [5.41, 5.74) is 8.19. The average molecular weight is 514 g/mol. The average Bonchev–Trinajstić information content (AvgIpc) is 2.86. The number of nitrogens with two attached hydrogens (primary N) is 1. The van der Waals surface area contributed by atoms with Crippen molar-refractivity contribution < 1.29 is 19.2 Å². The number of carbonyl (C=O) groups is 4. The molecular weight excluding hydrogens is 494 g/mol. The molecule has 4 aliphatic carbocycles. The molecule has 4 unspecified atom stereocenters. The molecule has 0 bridgehead atoms. The van der Waals surface area contributed by atoms with Gasteiger partial charge in [0.15, 0.2) is 23.1 Å². The van der Waals surface area contributed by atoms with E-state index in [1.807, 2.05) is 36.5 Å². The second-order valence-corrected chi connectivity index (χ2v) is 9.51. The monoisotopic (exact) mass is 513 g/mol. The van der Waals surface area contributed by atoms with Crippen molar-refractivity contribution in [3.05, 3.63) is 112 Å². The van der Waals surface area contributed by atoms with Crippen LogP contribution in [0, 0.1) is 23.7 Å². The zero-order valence-corrected chi connectivity index (χ0v) is 19.6. The number of benzene rings is 2. The molecule has 2 N–H and O–H groups in total. The number of allylic oxidation sites excluding steroid dienone is 8. The van der Waals surface area contributed by atoms with Crippen LogP contribution in [0.4, 0.5) is 5.69 Å². The summed E-state index contributed by atoms with van der Waals surface area (Å²) < 4.78 is 0.825. The summed E-state index contributed by atoms with van der Waals surface area (Å²) in [5, 5.41) is 0. The Kier molecular flexibility index (Phi) is 5.62.